The molecular formula is C23H22F4N4O2. The van der Waals surface area contributed by atoms with Crippen LogP contribution in [0, 0.1) is 5.82 Å². The first kappa shape index (κ1) is 22.9. The van der Waals surface area contributed by atoms with E-state index in [1.807, 2.05) is 4.90 Å². The number of nitrogens with one attached hydrogen (secondary N) is 1. The highest BCUT2D eigenvalue weighted by Gasteiger charge is 2.34. The van der Waals surface area contributed by atoms with Crippen molar-refractivity contribution >= 4 is 11.6 Å². The topological polar surface area (TPSA) is 70.4 Å². The van der Waals surface area contributed by atoms with Crippen molar-refractivity contribution < 1.29 is 27.5 Å². The predicted molar refractivity (Wildman–Crippen MR) is 113 cm³/mol. The number of carbonyl (C=O) groups is 1. The lowest BCUT2D eigenvalue weighted by Gasteiger charge is -2.22. The molecule has 0 unspecified atom stereocenters. The van der Waals surface area contributed by atoms with E-state index in [2.05, 4.69) is 10.4 Å². The number of carbonyl (C=O) groups excluding carboxylic acids is 1. The molecule has 1 aromatic heterocycles. The van der Waals surface area contributed by atoms with E-state index in [0.29, 0.717) is 30.8 Å². The Kier molecular flexibility index (Phi) is 6.48. The van der Waals surface area contributed by atoms with E-state index in [4.69, 9.17) is 0 Å². The highest BCUT2D eigenvalue weighted by Crippen LogP contribution is 2.31. The molecule has 0 bridgehead atoms. The van der Waals surface area contributed by atoms with Gasteiger partial charge in [-0.25, -0.2) is 4.39 Å². The second kappa shape index (κ2) is 9.32. The number of hydrogen-bond acceptors (Lipinski definition) is 4. The molecule has 2 aromatic carbocycles. The van der Waals surface area contributed by atoms with Crippen LogP contribution in [0.2, 0.25) is 0 Å². The second-order valence-corrected chi connectivity index (χ2v) is 8.02. The van der Waals surface area contributed by atoms with Crippen LogP contribution in [-0.2, 0) is 12.7 Å². The van der Waals surface area contributed by atoms with E-state index in [1.165, 1.54) is 36.5 Å². The first-order valence-corrected chi connectivity index (χ1v) is 10.3. The van der Waals surface area contributed by atoms with Gasteiger partial charge in [0.05, 0.1) is 30.1 Å². The zero-order valence-electron chi connectivity index (χ0n) is 17.5. The van der Waals surface area contributed by atoms with Gasteiger partial charge in [-0.3, -0.25) is 14.4 Å². The van der Waals surface area contributed by atoms with Gasteiger partial charge in [-0.2, -0.15) is 18.3 Å². The number of aliphatic hydroxyl groups is 1. The molecule has 0 aliphatic carbocycles. The number of rotatable bonds is 6. The van der Waals surface area contributed by atoms with Crippen LogP contribution >= 0.6 is 0 Å². The van der Waals surface area contributed by atoms with Crippen molar-refractivity contribution in [3.05, 3.63) is 83.4 Å². The van der Waals surface area contributed by atoms with Gasteiger partial charge in [-0.05, 0) is 42.3 Å². The number of nitrogens with zero attached hydrogens (tertiary/aromatic N) is 3. The Balaban J connectivity index is 1.40. The van der Waals surface area contributed by atoms with E-state index in [9.17, 15) is 27.5 Å². The van der Waals surface area contributed by atoms with Crippen molar-refractivity contribution in [3.63, 3.8) is 0 Å². The lowest BCUT2D eigenvalue weighted by atomic mass is 10.1. The number of alkyl halides is 3. The molecule has 10 heteroatoms. The highest BCUT2D eigenvalue weighted by molar-refractivity contribution is 6.04. The Morgan fingerprint density at radius 3 is 2.61 bits per heavy atom. The van der Waals surface area contributed by atoms with E-state index in [-0.39, 0.29) is 24.3 Å². The number of benzene rings is 2. The Hall–Kier alpha value is -3.24. The normalized spacial score (nSPS) is 19.1. The van der Waals surface area contributed by atoms with Crippen LogP contribution in [0.5, 0.6) is 0 Å². The lowest BCUT2D eigenvalue weighted by Crippen LogP contribution is -2.31. The van der Waals surface area contributed by atoms with Gasteiger partial charge in [0.2, 0.25) is 0 Å². The fraction of sp³-hybridized carbons (Fsp3) is 0.304. The van der Waals surface area contributed by atoms with Crippen LogP contribution in [0.3, 0.4) is 0 Å². The molecule has 33 heavy (non-hydrogen) atoms. The summed E-state index contributed by atoms with van der Waals surface area (Å²) in [6.45, 7) is 0.830. The monoisotopic (exact) mass is 462 g/mol. The van der Waals surface area contributed by atoms with Gasteiger partial charge in [0, 0.05) is 30.9 Å². The third-order valence-electron chi connectivity index (χ3n) is 5.70. The minimum absolute atomic E-state index is 0.0866. The van der Waals surface area contributed by atoms with Gasteiger partial charge in [0.1, 0.15) is 5.82 Å². The first-order valence-electron chi connectivity index (χ1n) is 10.3. The van der Waals surface area contributed by atoms with Crippen molar-refractivity contribution in [1.29, 1.82) is 0 Å². The Labute approximate surface area is 187 Å². The van der Waals surface area contributed by atoms with Crippen LogP contribution in [0.4, 0.5) is 23.2 Å². The standard InChI is InChI=1S/C23H22F4N4O2/c24-18-3-1-2-16(8-18)22(33)29-19-10-28-31(12-19)20-9-21(14-32)30(13-20)11-15-4-6-17(7-5-15)23(25,26)27/h1-8,10,12,20-21,32H,9,11,13-14H2,(H,29,33)/t20-,21-/m0/s1. The molecule has 2 N–H and O–H groups in total. The molecule has 1 saturated heterocycles. The Morgan fingerprint density at radius 2 is 1.94 bits per heavy atom. The molecule has 0 saturated carbocycles. The third kappa shape index (κ3) is 5.40. The predicted octanol–water partition coefficient (Wildman–Crippen LogP) is 4.10. The molecule has 1 fully saturated rings. The number of aliphatic hydroxyl groups excluding tert-OH is 1. The van der Waals surface area contributed by atoms with Gasteiger partial charge in [0.15, 0.2) is 0 Å². The molecule has 174 valence electrons. The molecule has 1 aliphatic heterocycles. The SMILES string of the molecule is O=C(Nc1cnn([C@H]2C[C@@H](CO)N(Cc3ccc(C(F)(F)F)cc3)C2)c1)c1cccc(F)c1. The fourth-order valence-electron chi connectivity index (χ4n) is 4.00. The maximum absolute atomic E-state index is 13.3. The summed E-state index contributed by atoms with van der Waals surface area (Å²) >= 11 is 0. The molecule has 2 atom stereocenters. The quantitative estimate of drug-likeness (QED) is 0.542. The van der Waals surface area contributed by atoms with Gasteiger partial charge >= 0.3 is 6.18 Å². The number of anilines is 1. The van der Waals surface area contributed by atoms with E-state index < -0.39 is 23.5 Å². The van der Waals surface area contributed by atoms with E-state index in [0.717, 1.165) is 18.2 Å². The molecule has 6 nitrogen and oxygen atoms in total. The minimum atomic E-state index is -4.38. The summed E-state index contributed by atoms with van der Waals surface area (Å²) in [5.41, 5.74) is 0.650. The summed E-state index contributed by atoms with van der Waals surface area (Å²) in [5.74, 6) is -0.967. The van der Waals surface area contributed by atoms with Gasteiger partial charge in [0.25, 0.3) is 5.91 Å². The Bertz CT molecular complexity index is 1110. The van der Waals surface area contributed by atoms with Crippen LogP contribution in [0.15, 0.2) is 60.9 Å². The van der Waals surface area contributed by atoms with Gasteiger partial charge < -0.3 is 10.4 Å². The van der Waals surface area contributed by atoms with Crippen LogP contribution in [0.25, 0.3) is 0 Å². The minimum Gasteiger partial charge on any atom is -0.395 e. The van der Waals surface area contributed by atoms with Crippen molar-refractivity contribution in [2.45, 2.75) is 31.2 Å². The number of halogens is 4. The smallest absolute Gasteiger partial charge is 0.395 e. The third-order valence-corrected chi connectivity index (χ3v) is 5.70. The summed E-state index contributed by atoms with van der Waals surface area (Å²) in [6.07, 6.45) is -0.634. The van der Waals surface area contributed by atoms with Gasteiger partial charge in [-0.1, -0.05) is 18.2 Å². The maximum atomic E-state index is 13.3. The summed E-state index contributed by atoms with van der Waals surface area (Å²) in [6, 6.07) is 10.1. The number of amides is 1. The fourth-order valence-corrected chi connectivity index (χ4v) is 4.00. The Morgan fingerprint density at radius 1 is 1.18 bits per heavy atom. The second-order valence-electron chi connectivity index (χ2n) is 8.02. The van der Waals surface area contributed by atoms with Crippen molar-refractivity contribution in [2.75, 3.05) is 18.5 Å². The van der Waals surface area contributed by atoms with E-state index >= 15 is 0 Å². The van der Waals surface area contributed by atoms with E-state index in [1.54, 1.807) is 10.9 Å². The van der Waals surface area contributed by atoms with Crippen LogP contribution in [-0.4, -0.2) is 44.9 Å². The molecule has 1 amide bonds. The van der Waals surface area contributed by atoms with Crippen molar-refractivity contribution in [3.8, 4) is 0 Å². The maximum Gasteiger partial charge on any atom is 0.416 e. The summed E-state index contributed by atoms with van der Waals surface area (Å²) < 4.78 is 53.4. The molecule has 0 radical (unpaired) electrons. The summed E-state index contributed by atoms with van der Waals surface area (Å²) in [5, 5.41) is 16.8. The number of hydrogen-bond donors (Lipinski definition) is 2. The molecule has 3 aromatic rings. The highest BCUT2D eigenvalue weighted by atomic mass is 19.4. The average Bonchev–Trinajstić information content (AvgIpc) is 3.40. The van der Waals surface area contributed by atoms with Crippen molar-refractivity contribution in [2.24, 2.45) is 0 Å². The molecular weight excluding hydrogens is 440 g/mol. The molecule has 2 heterocycles. The zero-order chi connectivity index (χ0) is 23.6. The first-order chi connectivity index (χ1) is 15.7. The molecule has 1 aliphatic rings. The largest absolute Gasteiger partial charge is 0.416 e. The summed E-state index contributed by atoms with van der Waals surface area (Å²) in [4.78, 5) is 14.3. The lowest BCUT2D eigenvalue weighted by molar-refractivity contribution is -0.137. The number of likely N-dealkylation sites (tertiary alicyclic amines) is 1. The summed E-state index contributed by atoms with van der Waals surface area (Å²) in [7, 11) is 0. The zero-order valence-corrected chi connectivity index (χ0v) is 17.5. The average molecular weight is 462 g/mol. The van der Waals surface area contributed by atoms with Crippen molar-refractivity contribution in [1.82, 2.24) is 14.7 Å². The molecule has 4 rings (SSSR count). The van der Waals surface area contributed by atoms with Crippen LogP contribution in [0.1, 0.15) is 33.9 Å². The molecule has 0 spiro atoms. The van der Waals surface area contributed by atoms with Gasteiger partial charge in [-0.15, -0.1) is 0 Å². The van der Waals surface area contributed by atoms with Crippen LogP contribution < -0.4 is 5.32 Å². The number of aromatic nitrogens is 2.